The van der Waals surface area contributed by atoms with Crippen molar-refractivity contribution in [2.24, 2.45) is 0 Å². The highest BCUT2D eigenvalue weighted by atomic mass is 19.4. The van der Waals surface area contributed by atoms with Gasteiger partial charge in [-0.2, -0.15) is 13.2 Å². The van der Waals surface area contributed by atoms with Crippen LogP contribution in [0.2, 0.25) is 5.82 Å². The van der Waals surface area contributed by atoms with E-state index in [1.165, 1.54) is 0 Å². The molecule has 0 rings (SSSR count). The zero-order valence-corrected chi connectivity index (χ0v) is 9.18. The molecule has 1 N–H and O–H groups in total. The minimum atomic E-state index is -4.40. The van der Waals surface area contributed by atoms with Crippen LogP contribution in [-0.2, 0) is 4.65 Å². The molecular weight excluding hydrogens is 208 g/mol. The molecule has 1 atom stereocenters. The first-order valence-corrected chi connectivity index (χ1v) is 5.26. The largest absolute Gasteiger partial charge is 0.466 e. The van der Waals surface area contributed by atoms with Gasteiger partial charge in [-0.05, 0) is 6.42 Å². The molecule has 0 spiro atoms. The lowest BCUT2D eigenvalue weighted by Crippen LogP contribution is -2.33. The molecule has 0 aliphatic carbocycles. The third-order valence-corrected chi connectivity index (χ3v) is 2.23. The van der Waals surface area contributed by atoms with Gasteiger partial charge in [-0.1, -0.05) is 33.1 Å². The fourth-order valence-corrected chi connectivity index (χ4v) is 1.04. The Kier molecular flexibility index (Phi) is 7.01. The molecule has 0 heterocycles. The molecule has 6 heteroatoms. The van der Waals surface area contributed by atoms with Crippen molar-refractivity contribution in [2.75, 3.05) is 6.61 Å². The highest BCUT2D eigenvalue weighted by Crippen LogP contribution is 2.32. The van der Waals surface area contributed by atoms with E-state index >= 15 is 0 Å². The second kappa shape index (κ2) is 7.12. The molecule has 0 saturated heterocycles. The molecule has 0 aliphatic heterocycles. The highest BCUT2D eigenvalue weighted by Gasteiger charge is 2.44. The molecule has 0 saturated carbocycles. The average molecular weight is 226 g/mol. The lowest BCUT2D eigenvalue weighted by Gasteiger charge is -2.17. The van der Waals surface area contributed by atoms with Crippen LogP contribution in [0.4, 0.5) is 13.2 Å². The molecule has 1 unspecified atom stereocenters. The lowest BCUT2D eigenvalue weighted by atomic mass is 9.73. The predicted octanol–water partition coefficient (Wildman–Crippen LogP) is 3.02. The normalized spacial score (nSPS) is 14.0. The molecule has 0 amide bonds. The van der Waals surface area contributed by atoms with Crippen LogP contribution < -0.4 is 0 Å². The van der Waals surface area contributed by atoms with Gasteiger partial charge in [-0.25, -0.2) is 0 Å². The SMILES string of the molecule is CCCCCCOB(O)C(C)C(F)(F)F. The monoisotopic (exact) mass is 226 g/mol. The second-order valence-corrected chi connectivity index (χ2v) is 3.65. The first-order chi connectivity index (χ1) is 6.89. The van der Waals surface area contributed by atoms with Crippen LogP contribution in [0, 0.1) is 0 Å². The van der Waals surface area contributed by atoms with Crippen LogP contribution in [-0.4, -0.2) is 24.9 Å². The van der Waals surface area contributed by atoms with Gasteiger partial charge in [0.15, 0.2) is 0 Å². The van der Waals surface area contributed by atoms with Gasteiger partial charge in [0.05, 0.1) is 5.82 Å². The Morgan fingerprint density at radius 1 is 1.27 bits per heavy atom. The maximum Gasteiger partial charge on any atom is 0.466 e. The van der Waals surface area contributed by atoms with Gasteiger partial charge in [-0.15, -0.1) is 0 Å². The summed E-state index contributed by atoms with van der Waals surface area (Å²) in [5, 5.41) is 9.07. The van der Waals surface area contributed by atoms with E-state index in [4.69, 9.17) is 9.68 Å². The van der Waals surface area contributed by atoms with Crippen molar-refractivity contribution in [3.8, 4) is 0 Å². The van der Waals surface area contributed by atoms with E-state index in [0.717, 1.165) is 26.2 Å². The van der Waals surface area contributed by atoms with E-state index in [0.29, 0.717) is 6.42 Å². The number of hydrogen-bond acceptors (Lipinski definition) is 2. The van der Waals surface area contributed by atoms with Crippen molar-refractivity contribution < 1.29 is 22.8 Å². The fourth-order valence-electron chi connectivity index (χ4n) is 1.04. The molecule has 0 aromatic rings. The van der Waals surface area contributed by atoms with E-state index in [-0.39, 0.29) is 6.61 Å². The average Bonchev–Trinajstić information content (AvgIpc) is 2.14. The molecule has 0 aromatic carbocycles. The van der Waals surface area contributed by atoms with Gasteiger partial charge in [0.1, 0.15) is 0 Å². The van der Waals surface area contributed by atoms with E-state index in [9.17, 15) is 13.2 Å². The van der Waals surface area contributed by atoms with Gasteiger partial charge in [0.2, 0.25) is 0 Å². The quantitative estimate of drug-likeness (QED) is 0.534. The zero-order valence-electron chi connectivity index (χ0n) is 9.18. The summed E-state index contributed by atoms with van der Waals surface area (Å²) in [5.74, 6) is -1.83. The molecule has 0 aliphatic rings. The topological polar surface area (TPSA) is 29.5 Å². The number of halogens is 3. The van der Waals surface area contributed by atoms with E-state index in [1.54, 1.807) is 0 Å². The molecule has 0 bridgehead atoms. The molecular formula is C9H18BF3O2. The van der Waals surface area contributed by atoms with Gasteiger partial charge in [0, 0.05) is 6.61 Å². The third kappa shape index (κ3) is 6.79. The van der Waals surface area contributed by atoms with Crippen LogP contribution in [0.5, 0.6) is 0 Å². The zero-order chi connectivity index (χ0) is 11.9. The van der Waals surface area contributed by atoms with Gasteiger partial charge in [0.25, 0.3) is 0 Å². The van der Waals surface area contributed by atoms with Crippen LogP contribution in [0.1, 0.15) is 39.5 Å². The summed E-state index contributed by atoms with van der Waals surface area (Å²) in [6.07, 6.45) is -0.697. The molecule has 90 valence electrons. The summed E-state index contributed by atoms with van der Waals surface area (Å²) >= 11 is 0. The third-order valence-electron chi connectivity index (χ3n) is 2.23. The van der Waals surface area contributed by atoms with Crippen LogP contribution in [0.3, 0.4) is 0 Å². The maximum atomic E-state index is 12.1. The van der Waals surface area contributed by atoms with Crippen molar-refractivity contribution in [3.05, 3.63) is 0 Å². The van der Waals surface area contributed by atoms with Crippen molar-refractivity contribution in [1.82, 2.24) is 0 Å². The van der Waals surface area contributed by atoms with E-state index in [1.807, 2.05) is 6.92 Å². The van der Waals surface area contributed by atoms with Crippen LogP contribution in [0.25, 0.3) is 0 Å². The molecule has 0 aromatic heterocycles. The Labute approximate surface area is 89.0 Å². The summed E-state index contributed by atoms with van der Waals surface area (Å²) in [6, 6.07) is 0. The van der Waals surface area contributed by atoms with E-state index in [2.05, 4.69) is 0 Å². The van der Waals surface area contributed by atoms with Crippen LogP contribution >= 0.6 is 0 Å². The minimum Gasteiger partial charge on any atom is -0.427 e. The Morgan fingerprint density at radius 3 is 2.33 bits per heavy atom. The number of unbranched alkanes of at least 4 members (excludes halogenated alkanes) is 3. The molecule has 2 nitrogen and oxygen atoms in total. The van der Waals surface area contributed by atoms with Crippen molar-refractivity contribution in [1.29, 1.82) is 0 Å². The Hall–Kier alpha value is -0.225. The molecule has 15 heavy (non-hydrogen) atoms. The van der Waals surface area contributed by atoms with Crippen LogP contribution in [0.15, 0.2) is 0 Å². The highest BCUT2D eigenvalue weighted by molar-refractivity contribution is 6.44. The van der Waals surface area contributed by atoms with E-state index < -0.39 is 19.1 Å². The first-order valence-electron chi connectivity index (χ1n) is 5.26. The number of rotatable bonds is 7. The van der Waals surface area contributed by atoms with Gasteiger partial charge in [-0.3, -0.25) is 0 Å². The van der Waals surface area contributed by atoms with Gasteiger partial charge < -0.3 is 9.68 Å². The van der Waals surface area contributed by atoms with Crippen molar-refractivity contribution in [2.45, 2.75) is 51.5 Å². The lowest BCUT2D eigenvalue weighted by molar-refractivity contribution is -0.136. The Morgan fingerprint density at radius 2 is 1.87 bits per heavy atom. The molecule has 0 radical (unpaired) electrons. The summed E-state index contributed by atoms with van der Waals surface area (Å²) in [6.45, 7) is 3.14. The number of hydrogen-bond donors (Lipinski definition) is 1. The molecule has 0 fully saturated rings. The number of alkyl halides is 3. The second-order valence-electron chi connectivity index (χ2n) is 3.65. The first kappa shape index (κ1) is 14.8. The standard InChI is InChI=1S/C9H18BF3O2/c1-3-4-5-6-7-15-10(14)8(2)9(11,12)13/h8,14H,3-7H2,1-2H3. The van der Waals surface area contributed by atoms with Crippen molar-refractivity contribution in [3.63, 3.8) is 0 Å². The summed E-state index contributed by atoms with van der Waals surface area (Å²) < 4.78 is 41.0. The summed E-state index contributed by atoms with van der Waals surface area (Å²) in [5.41, 5.74) is 0. The predicted molar refractivity (Wildman–Crippen MR) is 53.5 cm³/mol. The minimum absolute atomic E-state index is 0.182. The summed E-state index contributed by atoms with van der Waals surface area (Å²) in [4.78, 5) is 0. The Bertz CT molecular complexity index is 164. The smallest absolute Gasteiger partial charge is 0.427 e. The maximum absolute atomic E-state index is 12.1. The van der Waals surface area contributed by atoms with Crippen molar-refractivity contribution >= 4 is 7.12 Å². The fraction of sp³-hybridized carbons (Fsp3) is 1.00. The Balaban J connectivity index is 3.60. The van der Waals surface area contributed by atoms with Gasteiger partial charge >= 0.3 is 13.3 Å². The summed E-state index contributed by atoms with van der Waals surface area (Å²) in [7, 11) is -1.74.